The molecule has 1 aromatic carbocycles. The molecule has 0 saturated carbocycles. The van der Waals surface area contributed by atoms with Crippen LogP contribution in [-0.2, 0) is 22.2 Å². The molecule has 0 aliphatic carbocycles. The Bertz CT molecular complexity index is 1420. The predicted octanol–water partition coefficient (Wildman–Crippen LogP) is 5.63. The number of alkyl halides is 3. The summed E-state index contributed by atoms with van der Waals surface area (Å²) in [5, 5.41) is 5.43. The van der Waals surface area contributed by atoms with Crippen LogP contribution < -0.4 is 15.4 Å². The smallest absolute Gasteiger partial charge is 0.433 e. The van der Waals surface area contributed by atoms with Crippen LogP contribution >= 0.6 is 0 Å². The fraction of sp³-hybridized carbons (Fsp3) is 0.433. The largest absolute Gasteiger partial charge is 0.460 e. The molecule has 43 heavy (non-hydrogen) atoms. The van der Waals surface area contributed by atoms with Crippen molar-refractivity contribution in [2.24, 2.45) is 0 Å². The van der Waals surface area contributed by atoms with Gasteiger partial charge in [0.1, 0.15) is 23.1 Å². The van der Waals surface area contributed by atoms with Crippen LogP contribution in [0.15, 0.2) is 48.8 Å². The highest BCUT2D eigenvalue weighted by Crippen LogP contribution is 2.33. The summed E-state index contributed by atoms with van der Waals surface area (Å²) in [6.45, 7) is 7.98. The van der Waals surface area contributed by atoms with E-state index in [0.29, 0.717) is 42.7 Å². The molecule has 13 heteroatoms. The number of benzene rings is 1. The second-order valence-electron chi connectivity index (χ2n) is 11.1. The van der Waals surface area contributed by atoms with Crippen molar-refractivity contribution in [2.45, 2.75) is 71.0 Å². The molecule has 3 heterocycles. The van der Waals surface area contributed by atoms with E-state index in [1.165, 1.54) is 12.3 Å². The van der Waals surface area contributed by atoms with E-state index in [1.807, 2.05) is 0 Å². The average Bonchev–Trinajstić information content (AvgIpc) is 2.95. The van der Waals surface area contributed by atoms with Gasteiger partial charge in [-0.15, -0.1) is 0 Å². The van der Waals surface area contributed by atoms with Gasteiger partial charge in [0, 0.05) is 31.8 Å². The van der Waals surface area contributed by atoms with Gasteiger partial charge in [-0.2, -0.15) is 18.2 Å². The number of rotatable bonds is 8. The topological polar surface area (TPSA) is 125 Å². The first-order valence-electron chi connectivity index (χ1n) is 13.8. The number of pyridine rings is 1. The summed E-state index contributed by atoms with van der Waals surface area (Å²) >= 11 is 0. The van der Waals surface area contributed by atoms with Gasteiger partial charge >= 0.3 is 18.3 Å². The monoisotopic (exact) mass is 601 g/mol. The quantitative estimate of drug-likeness (QED) is 0.341. The molecule has 0 bridgehead atoms. The van der Waals surface area contributed by atoms with E-state index in [4.69, 9.17) is 14.2 Å². The number of ether oxygens (including phenoxy) is 3. The Kier molecular flexibility index (Phi) is 9.84. The Labute approximate surface area is 247 Å². The Morgan fingerprint density at radius 3 is 2.42 bits per heavy atom. The molecule has 2 aromatic heterocycles. The molecule has 1 atom stereocenters. The van der Waals surface area contributed by atoms with Gasteiger partial charge in [0.2, 0.25) is 0 Å². The van der Waals surface area contributed by atoms with E-state index in [-0.39, 0.29) is 29.9 Å². The maximum atomic E-state index is 13.5. The number of nitrogens with one attached hydrogen (secondary N) is 2. The highest BCUT2D eigenvalue weighted by Gasteiger charge is 2.33. The van der Waals surface area contributed by atoms with Crippen molar-refractivity contribution in [3.63, 3.8) is 0 Å². The van der Waals surface area contributed by atoms with Crippen LogP contribution in [0.5, 0.6) is 6.01 Å². The molecule has 1 fully saturated rings. The summed E-state index contributed by atoms with van der Waals surface area (Å²) in [6.07, 6.45) is -1.46. The molecule has 0 spiro atoms. The standard InChI is InChI=1S/C30H34F3N5O5/c1-18(37-26(39)24-9-12-34-27(38-24)42-22-10-13-41-14-11-22)19-5-7-20(8-6-19)23-15-25(30(31,32)33)35-16-21(23)17-36-28(40)43-29(2,3)4/h5-9,12,15-16,18,22H,10-11,13-14,17H2,1-4H3,(H,36,40)(H,37,39)/t18-/m1/s1. The molecule has 0 radical (unpaired) electrons. The molecule has 1 aliphatic rings. The first-order valence-corrected chi connectivity index (χ1v) is 13.8. The van der Waals surface area contributed by atoms with Gasteiger partial charge in [-0.05, 0) is 62.1 Å². The van der Waals surface area contributed by atoms with Crippen LogP contribution in [0.4, 0.5) is 18.0 Å². The maximum Gasteiger partial charge on any atom is 0.433 e. The highest BCUT2D eigenvalue weighted by atomic mass is 19.4. The lowest BCUT2D eigenvalue weighted by Gasteiger charge is -2.22. The number of amides is 2. The lowest BCUT2D eigenvalue weighted by atomic mass is 9.97. The van der Waals surface area contributed by atoms with E-state index >= 15 is 0 Å². The number of hydrogen-bond donors (Lipinski definition) is 2. The lowest BCUT2D eigenvalue weighted by Crippen LogP contribution is -2.32. The van der Waals surface area contributed by atoms with Gasteiger partial charge in [0.15, 0.2) is 0 Å². The number of carbonyl (C=O) groups is 2. The second-order valence-corrected chi connectivity index (χ2v) is 11.1. The average molecular weight is 602 g/mol. The zero-order valence-corrected chi connectivity index (χ0v) is 24.3. The van der Waals surface area contributed by atoms with Crippen LogP contribution in [0.1, 0.15) is 73.9 Å². The molecule has 1 aliphatic heterocycles. The summed E-state index contributed by atoms with van der Waals surface area (Å²) < 4.78 is 56.8. The minimum Gasteiger partial charge on any atom is -0.460 e. The fourth-order valence-electron chi connectivity index (χ4n) is 4.30. The van der Waals surface area contributed by atoms with Crippen molar-refractivity contribution in [1.29, 1.82) is 0 Å². The van der Waals surface area contributed by atoms with E-state index < -0.39 is 35.5 Å². The predicted molar refractivity (Wildman–Crippen MR) is 150 cm³/mol. The van der Waals surface area contributed by atoms with Gasteiger partial charge in [-0.25, -0.2) is 9.78 Å². The summed E-state index contributed by atoms with van der Waals surface area (Å²) in [6, 6.07) is 8.80. The third-order valence-corrected chi connectivity index (χ3v) is 6.47. The summed E-state index contributed by atoms with van der Waals surface area (Å²) in [7, 11) is 0. The number of aromatic nitrogens is 3. The second kappa shape index (κ2) is 13.4. The van der Waals surface area contributed by atoms with Crippen molar-refractivity contribution in [1.82, 2.24) is 25.6 Å². The van der Waals surface area contributed by atoms with Crippen LogP contribution in [0.3, 0.4) is 0 Å². The Morgan fingerprint density at radius 1 is 1.07 bits per heavy atom. The number of halogens is 3. The van der Waals surface area contributed by atoms with Crippen LogP contribution in [0, 0.1) is 0 Å². The molecule has 10 nitrogen and oxygen atoms in total. The van der Waals surface area contributed by atoms with Crippen molar-refractivity contribution in [3.05, 3.63) is 71.3 Å². The van der Waals surface area contributed by atoms with Gasteiger partial charge in [0.05, 0.1) is 19.3 Å². The van der Waals surface area contributed by atoms with Gasteiger partial charge in [-0.3, -0.25) is 9.78 Å². The number of alkyl carbamates (subject to hydrolysis) is 1. The zero-order chi connectivity index (χ0) is 31.2. The normalized spacial score (nSPS) is 15.0. The van der Waals surface area contributed by atoms with E-state index in [1.54, 1.807) is 52.0 Å². The van der Waals surface area contributed by atoms with Gasteiger partial charge in [0.25, 0.3) is 5.91 Å². The fourth-order valence-corrected chi connectivity index (χ4v) is 4.30. The summed E-state index contributed by atoms with van der Waals surface area (Å²) in [5.41, 5.74) is 0.152. The Balaban J connectivity index is 1.47. The van der Waals surface area contributed by atoms with Crippen molar-refractivity contribution in [2.75, 3.05) is 13.2 Å². The SMILES string of the molecule is C[C@@H](NC(=O)c1ccnc(OC2CCOCC2)n1)c1ccc(-c2cc(C(F)(F)F)ncc2CNC(=O)OC(C)(C)C)cc1. The number of carbonyl (C=O) groups excluding carboxylic acids is 2. The minimum absolute atomic E-state index is 0.0780. The first kappa shape index (κ1) is 31.7. The minimum atomic E-state index is -4.65. The molecule has 2 amide bonds. The number of nitrogens with zero attached hydrogens (tertiary/aromatic N) is 3. The molecular weight excluding hydrogens is 567 g/mol. The summed E-state index contributed by atoms with van der Waals surface area (Å²) in [4.78, 5) is 36.9. The molecule has 0 unspecified atom stereocenters. The molecule has 3 aromatic rings. The van der Waals surface area contributed by atoms with Crippen molar-refractivity contribution >= 4 is 12.0 Å². The third kappa shape index (κ3) is 9.11. The van der Waals surface area contributed by atoms with Crippen LogP contribution in [-0.4, -0.2) is 51.9 Å². The first-order chi connectivity index (χ1) is 20.3. The highest BCUT2D eigenvalue weighted by molar-refractivity contribution is 5.92. The van der Waals surface area contributed by atoms with E-state index in [9.17, 15) is 22.8 Å². The zero-order valence-electron chi connectivity index (χ0n) is 24.3. The van der Waals surface area contributed by atoms with E-state index in [0.717, 1.165) is 12.3 Å². The lowest BCUT2D eigenvalue weighted by molar-refractivity contribution is -0.141. The van der Waals surface area contributed by atoms with Gasteiger partial charge < -0.3 is 24.8 Å². The van der Waals surface area contributed by atoms with Crippen molar-refractivity contribution in [3.8, 4) is 17.1 Å². The Morgan fingerprint density at radius 2 is 1.77 bits per heavy atom. The van der Waals surface area contributed by atoms with Crippen LogP contribution in [0.2, 0.25) is 0 Å². The Hall–Kier alpha value is -4.26. The molecule has 2 N–H and O–H groups in total. The van der Waals surface area contributed by atoms with Crippen LogP contribution in [0.25, 0.3) is 11.1 Å². The maximum absolute atomic E-state index is 13.5. The van der Waals surface area contributed by atoms with Gasteiger partial charge in [-0.1, -0.05) is 24.3 Å². The molecule has 4 rings (SSSR count). The van der Waals surface area contributed by atoms with Crippen molar-refractivity contribution < 1.29 is 37.0 Å². The van der Waals surface area contributed by atoms with E-state index in [2.05, 4.69) is 25.6 Å². The molecule has 1 saturated heterocycles. The molecular formula is C30H34F3N5O5. The summed E-state index contributed by atoms with van der Waals surface area (Å²) in [5.74, 6) is -0.435. The number of hydrogen-bond acceptors (Lipinski definition) is 8. The molecule has 230 valence electrons. The third-order valence-electron chi connectivity index (χ3n) is 6.47.